The molecule has 0 amide bonds. The van der Waals surface area contributed by atoms with Crippen molar-refractivity contribution < 1.29 is 17.1 Å². The van der Waals surface area contributed by atoms with E-state index in [2.05, 4.69) is 11.8 Å². The summed E-state index contributed by atoms with van der Waals surface area (Å²) in [5.74, 6) is 0. The van der Waals surface area contributed by atoms with E-state index in [0.717, 1.165) is 0 Å². The minimum absolute atomic E-state index is 0. The Kier molecular flexibility index (Phi) is 70.8. The molecule has 0 spiro atoms. The zero-order valence-electron chi connectivity index (χ0n) is 1.86. The van der Waals surface area contributed by atoms with Gasteiger partial charge in [0.25, 0.3) is 0 Å². The second-order valence-electron chi connectivity index (χ2n) is 0. The maximum absolute atomic E-state index is 2.76. The molecule has 0 saturated heterocycles. The van der Waals surface area contributed by atoms with Crippen LogP contribution < -0.4 is 0 Å². The van der Waals surface area contributed by atoms with Crippen molar-refractivity contribution in [1.29, 1.82) is 0 Å². The number of hydrogen-bond donors (Lipinski definition) is 0. The first-order chi connectivity index (χ1) is 1.00. The van der Waals surface area contributed by atoms with Gasteiger partial charge in [0.05, 0.1) is 0 Å². The molecule has 0 aliphatic heterocycles. The van der Waals surface area contributed by atoms with E-state index in [1.807, 2.05) is 0 Å². The molecule has 0 aromatic heterocycles. The fraction of sp³-hybridized carbons (Fsp3) is 0. The van der Waals surface area contributed by atoms with Gasteiger partial charge in [0.2, 0.25) is 0 Å². The van der Waals surface area contributed by atoms with Crippen LogP contribution in [-0.4, -0.2) is 53.0 Å². The predicted octanol–water partition coefficient (Wildman–Crippen LogP) is -1.14. The summed E-state index contributed by atoms with van der Waals surface area (Å²) in [7, 11) is 0. The molecule has 0 unspecified atom stereocenters. The van der Waals surface area contributed by atoms with Crippen molar-refractivity contribution in [2.45, 2.75) is 0 Å². The van der Waals surface area contributed by atoms with Crippen LogP contribution in [0.15, 0.2) is 0 Å². The van der Waals surface area contributed by atoms with Gasteiger partial charge in [-0.2, -0.15) is 0 Å². The Balaban J connectivity index is -0.00000000500. The summed E-state index contributed by atoms with van der Waals surface area (Å²) in [5.41, 5.74) is 0. The van der Waals surface area contributed by atoms with E-state index in [1.54, 1.807) is 0 Å². The Hall–Kier alpha value is 2.55. The fourth-order valence-electron chi connectivity index (χ4n) is 0. The maximum atomic E-state index is 2.76. The van der Waals surface area contributed by atoms with Gasteiger partial charge in [0.1, 0.15) is 0 Å². The first kappa shape index (κ1) is 16.0. The van der Waals surface area contributed by atoms with Crippen LogP contribution in [0.3, 0.4) is 0 Å². The van der Waals surface area contributed by atoms with Crippen molar-refractivity contribution in [3.8, 4) is 0 Å². The zero-order valence-corrected chi connectivity index (χ0v) is 10.2. The van der Waals surface area contributed by atoms with Gasteiger partial charge in [0.15, 0.2) is 0 Å². The molecular weight excluding hydrogens is 327 g/mol. The number of rotatable bonds is 0. The molecule has 4 heteroatoms. The molecule has 4 heavy (non-hydrogen) atoms. The summed E-state index contributed by atoms with van der Waals surface area (Å²) in [6.07, 6.45) is 0. The van der Waals surface area contributed by atoms with E-state index in [1.165, 1.54) is 21.4 Å². The second kappa shape index (κ2) is 17.7. The van der Waals surface area contributed by atoms with Crippen LogP contribution in [0.1, 0.15) is 0 Å². The van der Waals surface area contributed by atoms with Crippen molar-refractivity contribution in [3.63, 3.8) is 0 Å². The first-order valence-corrected chi connectivity index (χ1v) is 8.22. The molecule has 0 aliphatic rings. The molecule has 0 saturated carbocycles. The Bertz CT molecular complexity index is 8.00. The number of hydrogen-bond acceptors (Lipinski definition) is 0. The van der Waals surface area contributed by atoms with Crippen molar-refractivity contribution in [2.24, 2.45) is 0 Å². The van der Waals surface area contributed by atoms with Crippen LogP contribution in [-0.2, 0) is 17.1 Å². The van der Waals surface area contributed by atoms with Crippen LogP contribution in [0.25, 0.3) is 0 Å². The molecule has 2 radical (unpaired) electrons. The Morgan fingerprint density at radius 1 is 1.25 bits per heavy atom. The third kappa shape index (κ3) is 8.82. The van der Waals surface area contributed by atoms with Gasteiger partial charge in [-0.25, -0.2) is 0 Å². The van der Waals surface area contributed by atoms with Gasteiger partial charge in [-0.15, -0.1) is 0 Å². The average molecular weight is 327 g/mol. The second-order valence-corrected chi connectivity index (χ2v) is 0. The third-order valence-corrected chi connectivity index (χ3v) is 0. The monoisotopic (exact) mass is 327 g/mol. The molecule has 0 aromatic rings. The predicted molar refractivity (Wildman–Crippen MR) is 17.3 cm³/mol. The average Bonchev–Trinajstić information content (AvgIpc) is 1.00. The van der Waals surface area contributed by atoms with Crippen molar-refractivity contribution in [1.82, 2.24) is 0 Å². The Labute approximate surface area is 68.9 Å². The van der Waals surface area contributed by atoms with Crippen LogP contribution in [0.5, 0.6) is 0 Å². The van der Waals surface area contributed by atoms with Crippen molar-refractivity contribution in [3.05, 3.63) is 0 Å². The van der Waals surface area contributed by atoms with Crippen LogP contribution in [0.4, 0.5) is 0 Å². The summed E-state index contributed by atoms with van der Waals surface area (Å²) < 4.78 is 0. The van der Waals surface area contributed by atoms with E-state index in [4.69, 9.17) is 0 Å². The van der Waals surface area contributed by atoms with E-state index in [0.29, 0.717) is 0 Å². The van der Waals surface area contributed by atoms with Crippen molar-refractivity contribution >= 4 is 53.0 Å². The summed E-state index contributed by atoms with van der Waals surface area (Å²) in [4.78, 5) is 0. The molecule has 0 aromatic carbocycles. The molecule has 0 fully saturated rings. The topological polar surface area (TPSA) is 0 Å². The van der Waals surface area contributed by atoms with Gasteiger partial charge >= 0.3 is 70.1 Å². The molecule has 0 nitrogen and oxygen atoms in total. The summed E-state index contributed by atoms with van der Waals surface area (Å²) in [5, 5.41) is 0. The quantitative estimate of drug-likeness (QED) is 0.494. The molecule has 0 atom stereocenters. The van der Waals surface area contributed by atoms with Crippen molar-refractivity contribution in [2.75, 3.05) is 0 Å². The standard InChI is InChI=1S/Cu.Ga.In.Se/q+2;+3;;. The van der Waals surface area contributed by atoms with E-state index >= 15 is 0 Å². The molecule has 0 heterocycles. The Morgan fingerprint density at radius 3 is 1.25 bits per heavy atom. The van der Waals surface area contributed by atoms with E-state index in [-0.39, 0.29) is 36.9 Å². The van der Waals surface area contributed by atoms with Crippen LogP contribution in [0, 0.1) is 0 Å². The van der Waals surface area contributed by atoms with Crippen LogP contribution in [0.2, 0.25) is 0 Å². The van der Waals surface area contributed by atoms with Gasteiger partial charge in [-0.1, -0.05) is 0 Å². The minimum atomic E-state index is 0. The van der Waals surface area contributed by atoms with E-state index < -0.39 is 0 Å². The fourth-order valence-corrected chi connectivity index (χ4v) is 0. The van der Waals surface area contributed by atoms with Crippen LogP contribution >= 0.6 is 0 Å². The zero-order chi connectivity index (χ0) is 2.00. The molecule has 18 valence electrons. The van der Waals surface area contributed by atoms with Gasteiger partial charge in [-0.05, 0) is 0 Å². The summed E-state index contributed by atoms with van der Waals surface area (Å²) >= 11 is 3.98. The molecule has 0 aliphatic carbocycles. The van der Waals surface area contributed by atoms with Gasteiger partial charge in [0, 0.05) is 0 Å². The molecule has 0 bridgehead atoms. The van der Waals surface area contributed by atoms with Gasteiger partial charge < -0.3 is 0 Å². The third-order valence-electron chi connectivity index (χ3n) is 0. The molecule has 0 rings (SSSR count). The van der Waals surface area contributed by atoms with E-state index in [9.17, 15) is 0 Å². The molecular formula is CuGaInSe+5. The first-order valence-electron chi connectivity index (χ1n) is 0.236. The Morgan fingerprint density at radius 2 is 1.25 bits per heavy atom. The summed E-state index contributed by atoms with van der Waals surface area (Å²) in [6, 6.07) is 0. The summed E-state index contributed by atoms with van der Waals surface area (Å²) in [6.45, 7) is 0. The van der Waals surface area contributed by atoms with Gasteiger partial charge in [-0.3, -0.25) is 0 Å². The molecule has 0 N–H and O–H groups in total. The normalized spacial score (nSPS) is 0.750. The SMILES string of the molecule is [Cu+2].[Ga+3].[Se]=[In].